The number of nitrogens with zero attached hydrogens (tertiary/aromatic N) is 2. The molecule has 3 aliphatic rings. The number of allylic oxidation sites excluding steroid dienone is 1. The van der Waals surface area contributed by atoms with E-state index < -0.39 is 28.7 Å². The maximum absolute atomic E-state index is 14.8. The van der Waals surface area contributed by atoms with Crippen molar-refractivity contribution in [2.75, 3.05) is 24.7 Å². The Labute approximate surface area is 253 Å². The fraction of sp³-hybridized carbons (Fsp3) is 0.594. The summed E-state index contributed by atoms with van der Waals surface area (Å²) in [5.41, 5.74) is 0.538. The van der Waals surface area contributed by atoms with E-state index >= 15 is 0 Å². The summed E-state index contributed by atoms with van der Waals surface area (Å²) in [5, 5.41) is 10.9. The summed E-state index contributed by atoms with van der Waals surface area (Å²) in [4.78, 5) is 46.0. The van der Waals surface area contributed by atoms with Gasteiger partial charge in [0, 0.05) is 11.8 Å². The highest BCUT2D eigenvalue weighted by Crippen LogP contribution is 2.69. The number of amides is 2. The normalized spacial score (nSPS) is 29.0. The summed E-state index contributed by atoms with van der Waals surface area (Å²) in [6.45, 7) is 14.0. The lowest BCUT2D eigenvalue weighted by molar-refractivity contribution is -0.155. The predicted molar refractivity (Wildman–Crippen MR) is 165 cm³/mol. The van der Waals surface area contributed by atoms with Crippen LogP contribution in [-0.4, -0.2) is 69.6 Å². The standard InChI is InChI=1S/C32H43ClN2O5S/c1-6-8-9-12-16-40-31(39)26-25-18-21(5)32(41-25)27(26)29(37)35(22(19-36)17-20(3)4)28(32)30(38)34(15-7-2)24-14-11-10-13-23(24)33/h6-7,10-11,13-14,20-22,25-28,36H,1-2,8-9,12,15-19H2,3-5H3/t21?,22-,25-,26+,27+,28?,32?/m1/s1. The maximum Gasteiger partial charge on any atom is 0.310 e. The molecule has 1 N–H and O–H groups in total. The summed E-state index contributed by atoms with van der Waals surface area (Å²) in [7, 11) is 0. The number of ether oxygens (including phenoxy) is 1. The summed E-state index contributed by atoms with van der Waals surface area (Å²) < 4.78 is 4.91. The van der Waals surface area contributed by atoms with Gasteiger partial charge in [0.25, 0.3) is 5.91 Å². The van der Waals surface area contributed by atoms with E-state index in [0.29, 0.717) is 30.2 Å². The van der Waals surface area contributed by atoms with Crippen molar-refractivity contribution < 1.29 is 24.2 Å². The lowest BCUT2D eigenvalue weighted by Gasteiger charge is -2.42. The van der Waals surface area contributed by atoms with Crippen LogP contribution >= 0.6 is 23.4 Å². The second-order valence-corrected chi connectivity index (χ2v) is 13.9. The average Bonchev–Trinajstić information content (AvgIpc) is 3.54. The van der Waals surface area contributed by atoms with Crippen molar-refractivity contribution in [1.82, 2.24) is 4.90 Å². The number of halogens is 1. The molecule has 224 valence electrons. The van der Waals surface area contributed by atoms with Crippen molar-refractivity contribution in [3.8, 4) is 0 Å². The van der Waals surface area contributed by atoms with Gasteiger partial charge in [-0.3, -0.25) is 14.4 Å². The lowest BCUT2D eigenvalue weighted by Crippen LogP contribution is -2.59. The highest BCUT2D eigenvalue weighted by atomic mass is 35.5. The Morgan fingerprint density at radius 3 is 2.63 bits per heavy atom. The van der Waals surface area contributed by atoms with Gasteiger partial charge >= 0.3 is 5.97 Å². The fourth-order valence-corrected chi connectivity index (χ4v) is 9.76. The van der Waals surface area contributed by atoms with E-state index in [1.807, 2.05) is 26.0 Å². The highest BCUT2D eigenvalue weighted by Gasteiger charge is 2.77. The smallest absolute Gasteiger partial charge is 0.310 e. The maximum atomic E-state index is 14.8. The Balaban J connectivity index is 1.77. The molecule has 41 heavy (non-hydrogen) atoms. The Morgan fingerprint density at radius 1 is 1.27 bits per heavy atom. The number of hydrogen-bond donors (Lipinski definition) is 1. The molecule has 2 amide bonds. The van der Waals surface area contributed by atoms with Crippen LogP contribution in [0.25, 0.3) is 0 Å². The van der Waals surface area contributed by atoms with Crippen LogP contribution in [0.5, 0.6) is 0 Å². The first-order valence-electron chi connectivity index (χ1n) is 14.7. The summed E-state index contributed by atoms with van der Waals surface area (Å²) in [6, 6.07) is 5.70. The number of anilines is 1. The van der Waals surface area contributed by atoms with Crippen LogP contribution in [0, 0.1) is 23.7 Å². The molecule has 9 heteroatoms. The minimum Gasteiger partial charge on any atom is -0.465 e. The van der Waals surface area contributed by atoms with E-state index in [2.05, 4.69) is 20.1 Å². The Morgan fingerprint density at radius 2 is 2.00 bits per heavy atom. The molecule has 3 unspecified atom stereocenters. The molecule has 3 heterocycles. The van der Waals surface area contributed by atoms with E-state index in [1.54, 1.807) is 45.8 Å². The number of benzene rings is 1. The first-order chi connectivity index (χ1) is 19.6. The molecule has 1 aromatic rings. The van der Waals surface area contributed by atoms with Gasteiger partial charge in [0.05, 0.1) is 46.5 Å². The molecule has 7 atom stereocenters. The van der Waals surface area contributed by atoms with Gasteiger partial charge in [-0.25, -0.2) is 0 Å². The number of rotatable bonds is 14. The molecule has 3 aliphatic heterocycles. The topological polar surface area (TPSA) is 87.1 Å². The van der Waals surface area contributed by atoms with Crippen molar-refractivity contribution in [1.29, 1.82) is 0 Å². The molecule has 0 saturated carbocycles. The molecule has 1 aromatic carbocycles. The van der Waals surface area contributed by atoms with Gasteiger partial charge in [0.15, 0.2) is 0 Å². The van der Waals surface area contributed by atoms with Crippen molar-refractivity contribution in [2.45, 2.75) is 75.0 Å². The molecule has 4 rings (SSSR count). The largest absolute Gasteiger partial charge is 0.465 e. The number of likely N-dealkylation sites (tertiary alicyclic amines) is 1. The van der Waals surface area contributed by atoms with Gasteiger partial charge in [-0.15, -0.1) is 24.9 Å². The van der Waals surface area contributed by atoms with Gasteiger partial charge in [-0.2, -0.15) is 0 Å². The van der Waals surface area contributed by atoms with Gasteiger partial charge in [0.2, 0.25) is 5.91 Å². The lowest BCUT2D eigenvalue weighted by atomic mass is 9.66. The zero-order chi connectivity index (χ0) is 29.9. The van der Waals surface area contributed by atoms with Crippen molar-refractivity contribution in [3.63, 3.8) is 0 Å². The third kappa shape index (κ3) is 5.72. The second kappa shape index (κ2) is 13.3. The fourth-order valence-electron chi connectivity index (χ4n) is 7.13. The Bertz CT molecular complexity index is 1160. The number of aliphatic hydroxyl groups excluding tert-OH is 1. The first kappa shape index (κ1) is 31.6. The van der Waals surface area contributed by atoms with Gasteiger partial charge < -0.3 is 19.6 Å². The molecule has 3 saturated heterocycles. The Kier molecular flexibility index (Phi) is 10.3. The van der Waals surface area contributed by atoms with Crippen LogP contribution in [-0.2, 0) is 19.1 Å². The first-order valence-corrected chi connectivity index (χ1v) is 15.9. The molecule has 0 aromatic heterocycles. The minimum atomic E-state index is -0.873. The molecule has 3 fully saturated rings. The van der Waals surface area contributed by atoms with Crippen LogP contribution in [0.15, 0.2) is 49.6 Å². The Hall–Kier alpha value is -2.29. The molecular formula is C32H43ClN2O5S. The molecule has 1 spiro atoms. The quantitative estimate of drug-likeness (QED) is 0.172. The summed E-state index contributed by atoms with van der Waals surface area (Å²) in [5.74, 6) is -2.02. The van der Waals surface area contributed by atoms with Crippen LogP contribution in [0.3, 0.4) is 0 Å². The number of fused-ring (bicyclic) bond motifs is 1. The number of carbonyl (C=O) groups is 3. The monoisotopic (exact) mass is 602 g/mol. The molecular weight excluding hydrogens is 560 g/mol. The highest BCUT2D eigenvalue weighted by molar-refractivity contribution is 8.02. The summed E-state index contributed by atoms with van der Waals surface area (Å²) >= 11 is 8.17. The third-order valence-corrected chi connectivity index (χ3v) is 11.2. The number of esters is 1. The van der Waals surface area contributed by atoms with E-state index in [1.165, 1.54) is 0 Å². The molecule has 2 bridgehead atoms. The number of aliphatic hydroxyl groups is 1. The van der Waals surface area contributed by atoms with E-state index in [9.17, 15) is 19.5 Å². The number of unbranched alkanes of at least 4 members (excludes halogenated alkanes) is 2. The van der Waals surface area contributed by atoms with Crippen molar-refractivity contribution in [3.05, 3.63) is 54.6 Å². The SMILES string of the molecule is C=CCCCCOC(=O)[C@@H]1[C@H]2C(=O)N([C@@H](CO)CC(C)C)C(C(=O)N(CC=C)c3ccccc3Cl)C23S[C@@H]1CC3C. The van der Waals surface area contributed by atoms with Crippen molar-refractivity contribution >= 4 is 46.8 Å². The third-order valence-electron chi connectivity index (χ3n) is 8.80. The van der Waals surface area contributed by atoms with Crippen molar-refractivity contribution in [2.24, 2.45) is 23.7 Å². The van der Waals surface area contributed by atoms with Gasteiger partial charge in [-0.1, -0.05) is 56.7 Å². The van der Waals surface area contributed by atoms with Gasteiger partial charge in [0.1, 0.15) is 6.04 Å². The van der Waals surface area contributed by atoms with E-state index in [-0.39, 0.29) is 48.0 Å². The molecule has 0 aliphatic carbocycles. The van der Waals surface area contributed by atoms with E-state index in [4.69, 9.17) is 16.3 Å². The zero-order valence-corrected chi connectivity index (χ0v) is 25.9. The average molecular weight is 603 g/mol. The molecule has 7 nitrogen and oxygen atoms in total. The van der Waals surface area contributed by atoms with Crippen LogP contribution in [0.4, 0.5) is 5.69 Å². The second-order valence-electron chi connectivity index (χ2n) is 11.9. The van der Waals surface area contributed by atoms with Crippen LogP contribution in [0.1, 0.15) is 52.9 Å². The number of para-hydroxylation sites is 1. The van der Waals surface area contributed by atoms with Crippen LogP contribution in [0.2, 0.25) is 5.02 Å². The zero-order valence-electron chi connectivity index (χ0n) is 24.3. The molecule has 0 radical (unpaired) electrons. The van der Waals surface area contributed by atoms with Gasteiger partial charge in [-0.05, 0) is 56.1 Å². The number of thioether (sulfide) groups is 1. The number of carbonyl (C=O) groups excluding carboxylic acids is 3. The number of hydrogen-bond acceptors (Lipinski definition) is 6. The predicted octanol–water partition coefficient (Wildman–Crippen LogP) is 5.50. The minimum absolute atomic E-state index is 0.00254. The van der Waals surface area contributed by atoms with Crippen LogP contribution < -0.4 is 4.90 Å². The van der Waals surface area contributed by atoms with E-state index in [0.717, 1.165) is 19.3 Å². The summed E-state index contributed by atoms with van der Waals surface area (Å²) in [6.07, 6.45) is 7.19.